The first-order chi connectivity index (χ1) is 6.60. The van der Waals surface area contributed by atoms with E-state index in [9.17, 15) is 4.79 Å². The Balaban J connectivity index is 4.03. The van der Waals surface area contributed by atoms with Crippen LogP contribution in [0, 0.1) is 0 Å². The lowest BCUT2D eigenvalue weighted by atomic mass is 10.4. The lowest BCUT2D eigenvalue weighted by Gasteiger charge is -2.18. The normalized spacial score (nSPS) is 12.1. The third-order valence-electron chi connectivity index (χ3n) is 1.46. The molecule has 4 nitrogen and oxygen atoms in total. The molecule has 14 heavy (non-hydrogen) atoms. The molecule has 1 N–H and O–H groups in total. The van der Waals surface area contributed by atoms with E-state index >= 15 is 0 Å². The van der Waals surface area contributed by atoms with Crippen LogP contribution in [0.25, 0.3) is 0 Å². The van der Waals surface area contributed by atoms with E-state index in [2.05, 4.69) is 0 Å². The summed E-state index contributed by atoms with van der Waals surface area (Å²) in [7, 11) is 1.55. The predicted molar refractivity (Wildman–Crippen MR) is 55.7 cm³/mol. The van der Waals surface area contributed by atoms with Gasteiger partial charge in [-0.3, -0.25) is 9.69 Å². The molecule has 0 amide bonds. The molecule has 0 aliphatic carbocycles. The summed E-state index contributed by atoms with van der Waals surface area (Å²) in [5.41, 5.74) is 1.23. The van der Waals surface area contributed by atoms with Gasteiger partial charge in [-0.15, -0.1) is 0 Å². The minimum Gasteiger partial charge on any atom is -0.480 e. The largest absolute Gasteiger partial charge is 0.480 e. The Labute approximate surface area is 93.0 Å². The van der Waals surface area contributed by atoms with E-state index in [1.165, 1.54) is 5.54 Å². The van der Waals surface area contributed by atoms with E-state index in [0.29, 0.717) is 24.7 Å². The fourth-order valence-corrected chi connectivity index (χ4v) is 1.11. The Morgan fingerprint density at radius 3 is 2.64 bits per heavy atom. The molecule has 0 heterocycles. The van der Waals surface area contributed by atoms with Crippen LogP contribution >= 0.6 is 23.2 Å². The molecule has 82 valence electrons. The molecule has 0 spiro atoms. The van der Waals surface area contributed by atoms with Gasteiger partial charge in [-0.1, -0.05) is 23.2 Å². The van der Waals surface area contributed by atoms with Gasteiger partial charge in [-0.05, 0) is 0 Å². The second kappa shape index (κ2) is 8.05. The van der Waals surface area contributed by atoms with Crippen molar-refractivity contribution < 1.29 is 14.6 Å². The number of hydrogen-bond acceptors (Lipinski definition) is 3. The van der Waals surface area contributed by atoms with E-state index in [1.807, 2.05) is 0 Å². The van der Waals surface area contributed by atoms with Gasteiger partial charge in [0.15, 0.2) is 0 Å². The van der Waals surface area contributed by atoms with Crippen LogP contribution in [0.15, 0.2) is 10.6 Å². The zero-order chi connectivity index (χ0) is 11.0. The van der Waals surface area contributed by atoms with E-state index in [1.54, 1.807) is 12.0 Å². The van der Waals surface area contributed by atoms with Gasteiger partial charge in [0.2, 0.25) is 0 Å². The van der Waals surface area contributed by atoms with Gasteiger partial charge in [0, 0.05) is 30.8 Å². The summed E-state index contributed by atoms with van der Waals surface area (Å²) < 4.78 is 4.84. The highest BCUT2D eigenvalue weighted by Gasteiger charge is 2.10. The molecule has 0 aromatic carbocycles. The number of carbonyl (C=O) groups is 1. The number of rotatable bonds is 7. The van der Waals surface area contributed by atoms with Crippen LogP contribution in [0.5, 0.6) is 0 Å². The summed E-state index contributed by atoms with van der Waals surface area (Å²) in [6, 6.07) is 0. The molecule has 6 heteroatoms. The maximum absolute atomic E-state index is 10.5. The lowest BCUT2D eigenvalue weighted by Crippen LogP contribution is -2.33. The second-order valence-corrected chi connectivity index (χ2v) is 3.36. The standard InChI is InChI=1S/C8H13Cl2NO3/c1-14-3-2-11(6-8(12)13)5-7(10)4-9/h4H,2-3,5-6H2,1H3,(H,12,13). The summed E-state index contributed by atoms with van der Waals surface area (Å²) in [4.78, 5) is 12.1. The molecule has 0 bridgehead atoms. The number of ether oxygens (including phenoxy) is 1. The number of methoxy groups -OCH3 is 1. The first kappa shape index (κ1) is 13.7. The van der Waals surface area contributed by atoms with Gasteiger partial charge in [0.05, 0.1) is 13.2 Å². The van der Waals surface area contributed by atoms with Crippen molar-refractivity contribution in [1.29, 1.82) is 0 Å². The first-order valence-electron chi connectivity index (χ1n) is 3.98. The van der Waals surface area contributed by atoms with Crippen molar-refractivity contribution >= 4 is 29.2 Å². The van der Waals surface area contributed by atoms with Crippen molar-refractivity contribution in [3.8, 4) is 0 Å². The van der Waals surface area contributed by atoms with Crippen LogP contribution < -0.4 is 0 Å². The van der Waals surface area contributed by atoms with Crippen LogP contribution in [0.4, 0.5) is 0 Å². The van der Waals surface area contributed by atoms with Crippen molar-refractivity contribution in [1.82, 2.24) is 4.90 Å². The van der Waals surface area contributed by atoms with Gasteiger partial charge in [0.1, 0.15) is 0 Å². The van der Waals surface area contributed by atoms with Crippen molar-refractivity contribution in [2.45, 2.75) is 0 Å². The Hall–Kier alpha value is -0.290. The Morgan fingerprint density at radius 1 is 1.57 bits per heavy atom. The molecule has 0 unspecified atom stereocenters. The highest BCUT2D eigenvalue weighted by Crippen LogP contribution is 2.05. The quantitative estimate of drug-likeness (QED) is 0.731. The summed E-state index contributed by atoms with van der Waals surface area (Å²) in [5, 5.41) is 9.00. The van der Waals surface area contributed by atoms with Gasteiger partial charge in [0.25, 0.3) is 0 Å². The Morgan fingerprint density at radius 2 is 2.21 bits per heavy atom. The van der Waals surface area contributed by atoms with Crippen LogP contribution in [0.3, 0.4) is 0 Å². The third-order valence-corrected chi connectivity index (χ3v) is 2.07. The molecule has 0 aliphatic heterocycles. The van der Waals surface area contributed by atoms with Crippen molar-refractivity contribution in [2.24, 2.45) is 0 Å². The number of carboxylic acids is 1. The van der Waals surface area contributed by atoms with Gasteiger partial charge >= 0.3 is 5.97 Å². The average Bonchev–Trinajstić information content (AvgIpc) is 2.13. The van der Waals surface area contributed by atoms with Crippen LogP contribution in [0.1, 0.15) is 0 Å². The van der Waals surface area contributed by atoms with Gasteiger partial charge in [-0.2, -0.15) is 0 Å². The fourth-order valence-electron chi connectivity index (χ4n) is 0.874. The molecular formula is C8H13Cl2NO3. The molecule has 0 atom stereocenters. The van der Waals surface area contributed by atoms with Crippen LogP contribution in [0.2, 0.25) is 0 Å². The number of nitrogens with zero attached hydrogens (tertiary/aromatic N) is 1. The van der Waals surface area contributed by atoms with Gasteiger partial charge < -0.3 is 9.84 Å². The maximum atomic E-state index is 10.5. The molecular weight excluding hydrogens is 229 g/mol. The molecule has 0 aromatic heterocycles. The SMILES string of the molecule is COCCN(CC(=O)O)CC(Cl)=CCl. The van der Waals surface area contributed by atoms with Crippen molar-refractivity contribution in [3.05, 3.63) is 10.6 Å². The number of halogens is 2. The number of aliphatic carboxylic acids is 1. The number of hydrogen-bond donors (Lipinski definition) is 1. The van der Waals surface area contributed by atoms with Crippen LogP contribution in [-0.2, 0) is 9.53 Å². The van der Waals surface area contributed by atoms with E-state index in [0.717, 1.165) is 0 Å². The molecule has 0 aromatic rings. The molecule has 0 aliphatic rings. The molecule has 0 rings (SSSR count). The van der Waals surface area contributed by atoms with Crippen molar-refractivity contribution in [2.75, 3.05) is 33.4 Å². The highest BCUT2D eigenvalue weighted by molar-refractivity contribution is 6.36. The maximum Gasteiger partial charge on any atom is 0.317 e. The topological polar surface area (TPSA) is 49.8 Å². The molecule has 0 saturated heterocycles. The minimum absolute atomic E-state index is 0.0791. The Bertz CT molecular complexity index is 209. The summed E-state index contributed by atoms with van der Waals surface area (Å²) >= 11 is 11.0. The minimum atomic E-state index is -0.903. The molecule has 0 saturated carbocycles. The summed E-state index contributed by atoms with van der Waals surface area (Å²) in [5.74, 6) is -0.903. The van der Waals surface area contributed by atoms with E-state index < -0.39 is 5.97 Å². The molecule has 0 fully saturated rings. The third kappa shape index (κ3) is 7.15. The zero-order valence-electron chi connectivity index (χ0n) is 7.87. The van der Waals surface area contributed by atoms with Crippen molar-refractivity contribution in [3.63, 3.8) is 0 Å². The van der Waals surface area contributed by atoms with E-state index in [4.69, 9.17) is 33.0 Å². The Kier molecular flexibility index (Phi) is 7.89. The van der Waals surface area contributed by atoms with Gasteiger partial charge in [-0.25, -0.2) is 0 Å². The summed E-state index contributed by atoms with van der Waals surface area (Å²) in [6.45, 7) is 1.20. The highest BCUT2D eigenvalue weighted by atomic mass is 35.5. The second-order valence-electron chi connectivity index (χ2n) is 2.65. The van der Waals surface area contributed by atoms with Crippen LogP contribution in [-0.4, -0.2) is 49.3 Å². The summed E-state index contributed by atoms with van der Waals surface area (Å²) in [6.07, 6.45) is 0. The first-order valence-corrected chi connectivity index (χ1v) is 4.79. The lowest BCUT2D eigenvalue weighted by molar-refractivity contribution is -0.138. The zero-order valence-corrected chi connectivity index (χ0v) is 9.38. The fraction of sp³-hybridized carbons (Fsp3) is 0.625. The molecule has 0 radical (unpaired) electrons. The smallest absolute Gasteiger partial charge is 0.317 e. The number of carboxylic acid groups (broad SMARTS) is 1. The monoisotopic (exact) mass is 241 g/mol. The average molecular weight is 242 g/mol. The van der Waals surface area contributed by atoms with E-state index in [-0.39, 0.29) is 6.54 Å². The predicted octanol–water partition coefficient (Wildman–Crippen LogP) is 1.34.